The van der Waals surface area contributed by atoms with Gasteiger partial charge in [0.05, 0.1) is 35.5 Å². The summed E-state index contributed by atoms with van der Waals surface area (Å²) in [5, 5.41) is 14.6. The maximum atomic E-state index is 12.7. The molecule has 0 aliphatic carbocycles. The summed E-state index contributed by atoms with van der Waals surface area (Å²) >= 11 is 0. The van der Waals surface area contributed by atoms with Crippen LogP contribution in [0, 0.1) is 10.1 Å². The third kappa shape index (κ3) is 3.68. The fraction of sp³-hybridized carbons (Fsp3) is 0.429. The van der Waals surface area contributed by atoms with Crippen LogP contribution in [-0.2, 0) is 16.1 Å². The number of anilines is 1. The second-order valence-corrected chi connectivity index (χ2v) is 7.69. The topological polar surface area (TPSA) is 103 Å². The minimum absolute atomic E-state index is 0.0212. The Morgan fingerprint density at radius 3 is 2.80 bits per heavy atom. The molecular weight excluding hydrogens is 386 g/mol. The third-order valence-electron chi connectivity index (χ3n) is 5.74. The van der Waals surface area contributed by atoms with Gasteiger partial charge in [0.1, 0.15) is 0 Å². The lowest BCUT2D eigenvalue weighted by Gasteiger charge is -2.32. The van der Waals surface area contributed by atoms with Crippen molar-refractivity contribution in [1.29, 1.82) is 0 Å². The first kappa shape index (κ1) is 20.1. The maximum Gasteiger partial charge on any atom is 0.337 e. The summed E-state index contributed by atoms with van der Waals surface area (Å²) in [4.78, 5) is 30.6. The zero-order valence-corrected chi connectivity index (χ0v) is 17.1. The van der Waals surface area contributed by atoms with Gasteiger partial charge in [0.2, 0.25) is 5.95 Å². The van der Waals surface area contributed by atoms with Crippen molar-refractivity contribution in [3.05, 3.63) is 63.1 Å². The van der Waals surface area contributed by atoms with E-state index in [1.165, 1.54) is 38.5 Å². The molecule has 1 aromatic carbocycles. The van der Waals surface area contributed by atoms with Crippen molar-refractivity contribution < 1.29 is 14.5 Å². The first-order valence-electron chi connectivity index (χ1n) is 10.1. The average Bonchev–Trinajstić information content (AvgIpc) is 3.15. The van der Waals surface area contributed by atoms with Gasteiger partial charge < -0.3 is 14.6 Å². The van der Waals surface area contributed by atoms with E-state index in [9.17, 15) is 14.9 Å². The van der Waals surface area contributed by atoms with Crippen molar-refractivity contribution >= 4 is 17.6 Å². The Kier molecular flexibility index (Phi) is 5.54. The lowest BCUT2D eigenvalue weighted by molar-refractivity contribution is -0.384. The van der Waals surface area contributed by atoms with E-state index in [4.69, 9.17) is 4.74 Å². The van der Waals surface area contributed by atoms with Crippen molar-refractivity contribution in [2.45, 2.75) is 38.8 Å². The number of non-ortho nitro benzene ring substituents is 1. The second-order valence-electron chi connectivity index (χ2n) is 7.69. The number of rotatable bonds is 5. The number of nitrogens with one attached hydrogen (secondary N) is 1. The van der Waals surface area contributed by atoms with Gasteiger partial charge >= 0.3 is 5.97 Å². The highest BCUT2D eigenvalue weighted by atomic mass is 16.6. The molecule has 1 saturated heterocycles. The largest absolute Gasteiger partial charge is 0.466 e. The minimum atomic E-state index is -0.559. The standard InChI is InChI=1S/C21H25N5O4/c1-14-18(20(27)30-2)19(15-7-6-8-16(11-15)26(28)29)25-17(12-22-21(25)23-14)13-24-9-4-3-5-10-24/h6-8,11-12,19H,3-5,9-10,13H2,1-2H3,(H,22,23). The van der Waals surface area contributed by atoms with Crippen LogP contribution in [0.5, 0.6) is 0 Å². The molecule has 2 aliphatic heterocycles. The number of allylic oxidation sites excluding steroid dienone is 1. The van der Waals surface area contributed by atoms with E-state index >= 15 is 0 Å². The minimum Gasteiger partial charge on any atom is -0.466 e. The molecule has 1 unspecified atom stereocenters. The van der Waals surface area contributed by atoms with E-state index < -0.39 is 16.9 Å². The predicted molar refractivity (Wildman–Crippen MR) is 111 cm³/mol. The second kappa shape index (κ2) is 8.27. The Labute approximate surface area is 174 Å². The number of hydrogen-bond acceptors (Lipinski definition) is 7. The number of benzene rings is 1. The van der Waals surface area contributed by atoms with Gasteiger partial charge in [0.15, 0.2) is 0 Å². The number of nitrogens with zero attached hydrogens (tertiary/aromatic N) is 4. The summed E-state index contributed by atoms with van der Waals surface area (Å²) < 4.78 is 7.02. The summed E-state index contributed by atoms with van der Waals surface area (Å²) in [6.45, 7) is 4.54. The number of likely N-dealkylation sites (tertiary alicyclic amines) is 1. The van der Waals surface area contributed by atoms with Crippen molar-refractivity contribution in [2.75, 3.05) is 25.5 Å². The smallest absolute Gasteiger partial charge is 0.337 e. The normalized spacial score (nSPS) is 19.2. The molecule has 158 valence electrons. The van der Waals surface area contributed by atoms with Gasteiger partial charge in [-0.3, -0.25) is 15.0 Å². The highest BCUT2D eigenvalue weighted by Gasteiger charge is 2.35. The van der Waals surface area contributed by atoms with Crippen molar-refractivity contribution in [2.24, 2.45) is 0 Å². The van der Waals surface area contributed by atoms with Gasteiger partial charge in [-0.05, 0) is 38.4 Å². The van der Waals surface area contributed by atoms with Crippen LogP contribution in [0.1, 0.15) is 43.5 Å². The van der Waals surface area contributed by atoms with Crippen LogP contribution >= 0.6 is 0 Å². The van der Waals surface area contributed by atoms with Crippen LogP contribution in [0.25, 0.3) is 0 Å². The molecule has 1 atom stereocenters. The number of piperidine rings is 1. The number of nitro groups is 1. The lowest BCUT2D eigenvalue weighted by atomic mass is 9.94. The molecule has 0 radical (unpaired) electrons. The highest BCUT2D eigenvalue weighted by Crippen LogP contribution is 2.38. The molecule has 9 nitrogen and oxygen atoms in total. The van der Waals surface area contributed by atoms with E-state index in [-0.39, 0.29) is 5.69 Å². The molecule has 0 bridgehead atoms. The van der Waals surface area contributed by atoms with Crippen LogP contribution in [0.4, 0.5) is 11.6 Å². The highest BCUT2D eigenvalue weighted by molar-refractivity contribution is 5.92. The number of methoxy groups -OCH3 is 1. The molecule has 2 aliphatic rings. The summed E-state index contributed by atoms with van der Waals surface area (Å²) in [6, 6.07) is 5.84. The molecule has 0 saturated carbocycles. The van der Waals surface area contributed by atoms with Crippen molar-refractivity contribution in [3.63, 3.8) is 0 Å². The van der Waals surface area contributed by atoms with E-state index in [0.29, 0.717) is 29.3 Å². The summed E-state index contributed by atoms with van der Waals surface area (Å²) in [5.41, 5.74) is 2.62. The summed E-state index contributed by atoms with van der Waals surface area (Å²) in [5.74, 6) is 0.142. The molecule has 30 heavy (non-hydrogen) atoms. The van der Waals surface area contributed by atoms with Gasteiger partial charge in [0.25, 0.3) is 5.69 Å². The molecule has 2 aromatic rings. The fourth-order valence-electron chi connectivity index (χ4n) is 4.31. The number of hydrogen-bond donors (Lipinski definition) is 1. The number of nitro benzene ring substituents is 1. The number of carbonyl (C=O) groups is 1. The Balaban J connectivity index is 1.82. The van der Waals surface area contributed by atoms with Gasteiger partial charge in [-0.2, -0.15) is 0 Å². The number of carbonyl (C=O) groups excluding carboxylic acids is 1. The Bertz CT molecular complexity index is 1010. The van der Waals surface area contributed by atoms with Crippen molar-refractivity contribution in [3.8, 4) is 0 Å². The first-order valence-corrected chi connectivity index (χ1v) is 10.1. The number of aromatic nitrogens is 2. The first-order chi connectivity index (χ1) is 14.5. The Morgan fingerprint density at radius 2 is 2.10 bits per heavy atom. The Hall–Kier alpha value is -3.20. The molecule has 3 heterocycles. The summed E-state index contributed by atoms with van der Waals surface area (Å²) in [7, 11) is 1.34. The van der Waals surface area contributed by atoms with Crippen molar-refractivity contribution in [1.82, 2.24) is 14.5 Å². The molecule has 9 heteroatoms. The fourth-order valence-corrected chi connectivity index (χ4v) is 4.31. The molecule has 0 spiro atoms. The van der Waals surface area contributed by atoms with Crippen LogP contribution < -0.4 is 5.32 Å². The number of esters is 1. The third-order valence-corrected chi connectivity index (χ3v) is 5.74. The zero-order valence-electron chi connectivity index (χ0n) is 17.1. The molecule has 1 aromatic heterocycles. The lowest BCUT2D eigenvalue weighted by Crippen LogP contribution is -2.33. The molecule has 1 N–H and O–H groups in total. The van der Waals surface area contributed by atoms with Gasteiger partial charge in [-0.25, -0.2) is 9.78 Å². The van der Waals surface area contributed by atoms with E-state index in [1.807, 2.05) is 10.8 Å². The molecular formula is C21H25N5O4. The summed E-state index contributed by atoms with van der Waals surface area (Å²) in [6.07, 6.45) is 5.39. The van der Waals surface area contributed by atoms with Crippen LogP contribution in [0.15, 0.2) is 41.7 Å². The molecule has 4 rings (SSSR count). The SMILES string of the molecule is COC(=O)C1=C(C)Nc2ncc(CN3CCCCC3)n2C1c1cccc([N+](=O)[O-])c1. The molecule has 1 fully saturated rings. The predicted octanol–water partition coefficient (Wildman–Crippen LogP) is 3.24. The van der Waals surface area contributed by atoms with E-state index in [1.54, 1.807) is 19.1 Å². The monoisotopic (exact) mass is 411 g/mol. The number of fused-ring (bicyclic) bond motifs is 1. The quantitative estimate of drug-likeness (QED) is 0.458. The van der Waals surface area contributed by atoms with Gasteiger partial charge in [-0.1, -0.05) is 18.6 Å². The number of ether oxygens (including phenoxy) is 1. The van der Waals surface area contributed by atoms with E-state index in [2.05, 4.69) is 15.2 Å². The maximum absolute atomic E-state index is 12.7. The van der Waals surface area contributed by atoms with Crippen LogP contribution in [0.2, 0.25) is 0 Å². The van der Waals surface area contributed by atoms with Gasteiger partial charge in [-0.15, -0.1) is 0 Å². The number of imidazole rings is 1. The van der Waals surface area contributed by atoms with E-state index in [0.717, 1.165) is 18.8 Å². The Morgan fingerprint density at radius 1 is 1.33 bits per heavy atom. The van der Waals surface area contributed by atoms with Gasteiger partial charge in [0, 0.05) is 24.4 Å². The zero-order chi connectivity index (χ0) is 21.3. The van der Waals surface area contributed by atoms with Crippen LogP contribution in [-0.4, -0.2) is 45.5 Å². The average molecular weight is 411 g/mol. The molecule has 0 amide bonds. The van der Waals surface area contributed by atoms with Crippen LogP contribution in [0.3, 0.4) is 0 Å².